The molecule has 0 saturated heterocycles. The van der Waals surface area contributed by atoms with Crippen LogP contribution in [-0.4, -0.2) is 17.3 Å². The Balaban J connectivity index is 1.76. The van der Waals surface area contributed by atoms with Crippen LogP contribution in [0.25, 0.3) is 0 Å². The molecule has 0 amide bonds. The molecule has 0 spiro atoms. The molecular weight excluding hydrogens is 360 g/mol. The lowest BCUT2D eigenvalue weighted by atomic mass is 9.37. The number of carbonyl (C=O) groups excluding carboxylic acids is 3. The van der Waals surface area contributed by atoms with E-state index in [2.05, 4.69) is 33.4 Å². The van der Waals surface area contributed by atoms with Crippen LogP contribution in [0, 0.1) is 40.4 Å². The maximum Gasteiger partial charge on any atom is 0.165 e. The van der Waals surface area contributed by atoms with Gasteiger partial charge in [0, 0.05) is 18.3 Å². The van der Waals surface area contributed by atoms with Gasteiger partial charge in [0.25, 0.3) is 0 Å². The van der Waals surface area contributed by atoms with Crippen molar-refractivity contribution < 1.29 is 14.4 Å². The molecule has 1 radical (unpaired) electrons. The minimum Gasteiger partial charge on any atom is -0.300 e. The lowest BCUT2D eigenvalue weighted by Gasteiger charge is -2.67. The van der Waals surface area contributed by atoms with E-state index in [1.54, 1.807) is 25.2 Å². The Hall–Kier alpha value is -2.03. The first-order valence-corrected chi connectivity index (χ1v) is 10.7. The Morgan fingerprint density at radius 3 is 2.45 bits per heavy atom. The van der Waals surface area contributed by atoms with E-state index in [9.17, 15) is 14.4 Å². The fraction of sp³-hybridized carbons (Fsp3) is 0.538. The monoisotopic (exact) mass is 393 g/mol. The summed E-state index contributed by atoms with van der Waals surface area (Å²) in [5.41, 5.74) is 0.701. The van der Waals surface area contributed by atoms with Gasteiger partial charge in [-0.2, -0.15) is 0 Å². The van der Waals surface area contributed by atoms with Gasteiger partial charge in [0.1, 0.15) is 5.78 Å². The molecule has 3 nitrogen and oxygen atoms in total. The molecule has 3 aliphatic rings. The van der Waals surface area contributed by atoms with Gasteiger partial charge in [-0.3, -0.25) is 14.4 Å². The summed E-state index contributed by atoms with van der Waals surface area (Å²) in [5, 5.41) is 0. The minimum absolute atomic E-state index is 0.0253. The summed E-state index contributed by atoms with van der Waals surface area (Å²) in [6.07, 6.45) is 13.0. The zero-order valence-corrected chi connectivity index (χ0v) is 18.3. The van der Waals surface area contributed by atoms with Crippen molar-refractivity contribution in [3.05, 3.63) is 54.5 Å². The summed E-state index contributed by atoms with van der Waals surface area (Å²) in [6.45, 7) is 14.3. The molecule has 1 unspecified atom stereocenters. The Morgan fingerprint density at radius 2 is 1.90 bits per heavy atom. The van der Waals surface area contributed by atoms with Crippen molar-refractivity contribution >= 4 is 17.3 Å². The molecule has 0 bridgehead atoms. The second-order valence-corrected chi connectivity index (χ2v) is 9.72. The Kier molecular flexibility index (Phi) is 5.73. The van der Waals surface area contributed by atoms with Gasteiger partial charge >= 0.3 is 0 Å². The summed E-state index contributed by atoms with van der Waals surface area (Å²) in [4.78, 5) is 37.4. The average Bonchev–Trinajstić information content (AvgIpc) is 3.51. The van der Waals surface area contributed by atoms with E-state index in [1.165, 1.54) is 0 Å². The number of carbonyl (C=O) groups is 3. The highest BCUT2D eigenvalue weighted by Crippen LogP contribution is 2.69. The van der Waals surface area contributed by atoms with Gasteiger partial charge in [0.15, 0.2) is 11.6 Å². The van der Waals surface area contributed by atoms with Gasteiger partial charge in [-0.05, 0) is 48.0 Å². The molecule has 0 aliphatic heterocycles. The number of allylic oxidation sites excluding steroid dienone is 7. The summed E-state index contributed by atoms with van der Waals surface area (Å²) in [6, 6.07) is 0. The third-order valence-electron chi connectivity index (χ3n) is 7.98. The zero-order valence-electron chi connectivity index (χ0n) is 18.3. The molecular formula is C26H33O3. The first-order chi connectivity index (χ1) is 13.5. The van der Waals surface area contributed by atoms with E-state index in [1.807, 2.05) is 19.1 Å². The van der Waals surface area contributed by atoms with Gasteiger partial charge in [-0.1, -0.05) is 64.2 Å². The highest BCUT2D eigenvalue weighted by atomic mass is 16.1. The van der Waals surface area contributed by atoms with Crippen LogP contribution in [0.15, 0.2) is 48.6 Å². The summed E-state index contributed by atoms with van der Waals surface area (Å²) in [5.74, 6) is 1.27. The fourth-order valence-electron chi connectivity index (χ4n) is 5.62. The molecule has 3 rings (SSSR count). The van der Waals surface area contributed by atoms with Crippen molar-refractivity contribution in [1.29, 1.82) is 0 Å². The lowest BCUT2D eigenvalue weighted by molar-refractivity contribution is -0.174. The number of fused-ring (bicyclic) bond motifs is 1. The first-order valence-electron chi connectivity index (χ1n) is 10.7. The molecule has 1 saturated carbocycles. The van der Waals surface area contributed by atoms with E-state index in [0.29, 0.717) is 18.8 Å². The molecule has 0 aromatic carbocycles. The molecule has 5 atom stereocenters. The highest BCUT2D eigenvalue weighted by molar-refractivity contribution is 6.02. The Bertz CT molecular complexity index is 819. The highest BCUT2D eigenvalue weighted by Gasteiger charge is 2.65. The Labute approximate surface area is 175 Å². The minimum atomic E-state index is -0.298. The number of ketones is 3. The SMILES string of the molecule is C=CC1(C)[C@H]2CC=C(C(=O)[C@H](C)/C=C/CC(=O)[C]3C=C3)C[C@H](C(C)=O)[C@H]2C1(C)C. The third-order valence-corrected chi connectivity index (χ3v) is 7.98. The Morgan fingerprint density at radius 1 is 1.24 bits per heavy atom. The average molecular weight is 394 g/mol. The van der Waals surface area contributed by atoms with E-state index in [-0.39, 0.29) is 45.9 Å². The van der Waals surface area contributed by atoms with Crippen LogP contribution in [0.4, 0.5) is 0 Å². The standard InChI is InChI=1S/C26H33O3/c1-7-26(6)21-14-13-19(15-20(17(3)27)23(21)25(26,4)5)24(29)16(2)9-8-10-22(28)18-11-12-18/h7-9,11-13,16,20-21,23H,1,10,14-15H2,2-6H3/b9-8+/t16-,20-,21+,23-,26?/m1/s1. The topological polar surface area (TPSA) is 51.2 Å². The number of rotatable bonds is 8. The molecule has 0 N–H and O–H groups in total. The quantitative estimate of drug-likeness (QED) is 0.530. The van der Waals surface area contributed by atoms with Crippen molar-refractivity contribution in [3.8, 4) is 0 Å². The molecule has 1 fully saturated rings. The largest absolute Gasteiger partial charge is 0.300 e. The zero-order chi connectivity index (χ0) is 21.6. The van der Waals surface area contributed by atoms with Crippen LogP contribution < -0.4 is 0 Å². The molecule has 3 heteroatoms. The van der Waals surface area contributed by atoms with Crippen molar-refractivity contribution in [2.24, 2.45) is 34.5 Å². The maximum absolute atomic E-state index is 13.1. The summed E-state index contributed by atoms with van der Waals surface area (Å²) >= 11 is 0. The van der Waals surface area contributed by atoms with E-state index in [0.717, 1.165) is 17.9 Å². The molecule has 155 valence electrons. The predicted molar refractivity (Wildman–Crippen MR) is 116 cm³/mol. The predicted octanol–water partition coefficient (Wildman–Crippen LogP) is 5.24. The second kappa shape index (κ2) is 7.66. The van der Waals surface area contributed by atoms with Gasteiger partial charge in [-0.15, -0.1) is 6.58 Å². The van der Waals surface area contributed by atoms with Gasteiger partial charge in [-0.25, -0.2) is 0 Å². The van der Waals surface area contributed by atoms with E-state index < -0.39 is 0 Å². The van der Waals surface area contributed by atoms with Crippen LogP contribution in [0.2, 0.25) is 0 Å². The normalized spacial score (nSPS) is 33.8. The van der Waals surface area contributed by atoms with Gasteiger partial charge in [0.05, 0.1) is 5.92 Å². The second-order valence-electron chi connectivity index (χ2n) is 9.72. The van der Waals surface area contributed by atoms with E-state index in [4.69, 9.17) is 0 Å². The van der Waals surface area contributed by atoms with Crippen LogP contribution in [-0.2, 0) is 14.4 Å². The van der Waals surface area contributed by atoms with Crippen LogP contribution in [0.3, 0.4) is 0 Å². The molecule has 0 aromatic rings. The maximum atomic E-state index is 13.1. The van der Waals surface area contributed by atoms with Crippen LogP contribution in [0.5, 0.6) is 0 Å². The summed E-state index contributed by atoms with van der Waals surface area (Å²) < 4.78 is 0. The summed E-state index contributed by atoms with van der Waals surface area (Å²) in [7, 11) is 0. The molecule has 0 heterocycles. The number of Topliss-reactive ketones (excluding diaryl/α,β-unsaturated/α-hetero) is 3. The smallest absolute Gasteiger partial charge is 0.165 e. The number of hydrogen-bond acceptors (Lipinski definition) is 3. The van der Waals surface area contributed by atoms with Crippen LogP contribution >= 0.6 is 0 Å². The van der Waals surface area contributed by atoms with Gasteiger partial charge in [0.2, 0.25) is 0 Å². The van der Waals surface area contributed by atoms with Gasteiger partial charge < -0.3 is 0 Å². The third kappa shape index (κ3) is 3.65. The fourth-order valence-corrected chi connectivity index (χ4v) is 5.62. The number of hydrogen-bond donors (Lipinski definition) is 0. The molecule has 3 aliphatic carbocycles. The van der Waals surface area contributed by atoms with Crippen molar-refractivity contribution in [1.82, 2.24) is 0 Å². The van der Waals surface area contributed by atoms with Crippen molar-refractivity contribution in [2.75, 3.05) is 0 Å². The van der Waals surface area contributed by atoms with E-state index >= 15 is 0 Å². The van der Waals surface area contributed by atoms with Crippen molar-refractivity contribution in [2.45, 2.75) is 53.9 Å². The molecule has 0 aromatic heterocycles. The van der Waals surface area contributed by atoms with Crippen LogP contribution in [0.1, 0.15) is 53.9 Å². The van der Waals surface area contributed by atoms with Crippen molar-refractivity contribution in [3.63, 3.8) is 0 Å². The lowest BCUT2D eigenvalue weighted by Crippen LogP contribution is -2.63. The first kappa shape index (κ1) is 21.7. The molecule has 29 heavy (non-hydrogen) atoms.